The van der Waals surface area contributed by atoms with Gasteiger partial charge in [-0.05, 0) is 32.1 Å². The van der Waals surface area contributed by atoms with Gasteiger partial charge in [0.05, 0.1) is 0 Å². The Morgan fingerprint density at radius 3 is 2.78 bits per heavy atom. The van der Waals surface area contributed by atoms with Crippen molar-refractivity contribution in [2.75, 3.05) is 0 Å². The molecule has 0 amide bonds. The first kappa shape index (κ1) is 6.60. The zero-order valence-corrected chi connectivity index (χ0v) is 6.06. The molecule has 0 nitrogen and oxygen atoms in total. The lowest BCUT2D eigenvalue weighted by Gasteiger charge is -1.94. The van der Waals surface area contributed by atoms with Crippen LogP contribution in [0.3, 0.4) is 0 Å². The lowest BCUT2D eigenvalue weighted by molar-refractivity contribution is 0.960. The van der Waals surface area contributed by atoms with Gasteiger partial charge in [0.15, 0.2) is 0 Å². The number of rotatable bonds is 3. The molecule has 9 heavy (non-hydrogen) atoms. The van der Waals surface area contributed by atoms with Crippen molar-refractivity contribution in [3.05, 3.63) is 24.3 Å². The van der Waals surface area contributed by atoms with E-state index in [1.165, 1.54) is 18.4 Å². The Morgan fingerprint density at radius 1 is 1.67 bits per heavy atom. The fourth-order valence-corrected chi connectivity index (χ4v) is 0.927. The first-order valence-corrected chi connectivity index (χ1v) is 3.63. The molecule has 1 aliphatic carbocycles. The zero-order valence-electron chi connectivity index (χ0n) is 6.06. The highest BCUT2D eigenvalue weighted by Gasteiger charge is 2.22. The molecule has 0 saturated heterocycles. The van der Waals surface area contributed by atoms with Gasteiger partial charge >= 0.3 is 0 Å². The van der Waals surface area contributed by atoms with E-state index in [2.05, 4.69) is 25.7 Å². The van der Waals surface area contributed by atoms with E-state index in [0.29, 0.717) is 0 Å². The lowest BCUT2D eigenvalue weighted by Crippen LogP contribution is -1.78. The van der Waals surface area contributed by atoms with Crippen LogP contribution < -0.4 is 0 Å². The van der Waals surface area contributed by atoms with Gasteiger partial charge in [-0.3, -0.25) is 0 Å². The van der Waals surface area contributed by atoms with E-state index in [4.69, 9.17) is 0 Å². The monoisotopic (exact) mass is 122 g/mol. The Morgan fingerprint density at radius 2 is 2.33 bits per heavy atom. The second kappa shape index (κ2) is 2.86. The summed E-state index contributed by atoms with van der Waals surface area (Å²) in [6.45, 7) is 6.06. The number of hydrogen-bond acceptors (Lipinski definition) is 0. The van der Waals surface area contributed by atoms with E-state index in [1.807, 2.05) is 0 Å². The molecule has 0 unspecified atom stereocenters. The highest BCUT2D eigenvalue weighted by molar-refractivity contribution is 5.11. The molecule has 50 valence electrons. The molecule has 0 aromatic carbocycles. The van der Waals surface area contributed by atoms with E-state index < -0.39 is 0 Å². The van der Waals surface area contributed by atoms with Crippen molar-refractivity contribution in [2.24, 2.45) is 5.92 Å². The summed E-state index contributed by atoms with van der Waals surface area (Å²) in [5.74, 6) is 0.876. The van der Waals surface area contributed by atoms with Crippen LogP contribution in [0.4, 0.5) is 0 Å². The van der Waals surface area contributed by atoms with Crippen LogP contribution in [0.25, 0.3) is 0 Å². The molecule has 0 spiro atoms. The third-order valence-electron chi connectivity index (χ3n) is 1.77. The van der Waals surface area contributed by atoms with Crippen LogP contribution >= 0.6 is 0 Å². The minimum absolute atomic E-state index is 0.876. The Kier molecular flexibility index (Phi) is 2.10. The van der Waals surface area contributed by atoms with Crippen LogP contribution in [0, 0.1) is 5.92 Å². The van der Waals surface area contributed by atoms with E-state index in [0.717, 1.165) is 12.3 Å². The molecule has 0 atom stereocenters. The van der Waals surface area contributed by atoms with Crippen molar-refractivity contribution in [3.63, 3.8) is 0 Å². The predicted molar refractivity (Wildman–Crippen MR) is 41.3 cm³/mol. The average Bonchev–Trinajstić information content (AvgIpc) is 2.63. The molecule has 0 aliphatic heterocycles. The standard InChI is InChI=1S/C9H14/c1-3-4-5-8(2)9-6-7-9/h3-4,9H,2,5-7H2,1H3. The van der Waals surface area contributed by atoms with Gasteiger partial charge in [0, 0.05) is 0 Å². The third-order valence-corrected chi connectivity index (χ3v) is 1.77. The number of hydrogen-bond donors (Lipinski definition) is 0. The molecule has 0 bridgehead atoms. The number of allylic oxidation sites excluding steroid dienone is 3. The van der Waals surface area contributed by atoms with Crippen molar-refractivity contribution in [2.45, 2.75) is 26.2 Å². The highest BCUT2D eigenvalue weighted by atomic mass is 14.3. The quantitative estimate of drug-likeness (QED) is 0.505. The largest absolute Gasteiger partial charge is 0.0993 e. The first-order valence-electron chi connectivity index (χ1n) is 3.63. The zero-order chi connectivity index (χ0) is 6.69. The molecule has 0 N–H and O–H groups in total. The molecule has 1 rings (SSSR count). The normalized spacial score (nSPS) is 18.8. The van der Waals surface area contributed by atoms with Gasteiger partial charge in [0.1, 0.15) is 0 Å². The fourth-order valence-electron chi connectivity index (χ4n) is 0.927. The Hall–Kier alpha value is -0.520. The Balaban J connectivity index is 2.18. The van der Waals surface area contributed by atoms with Crippen molar-refractivity contribution in [1.82, 2.24) is 0 Å². The van der Waals surface area contributed by atoms with Gasteiger partial charge in [-0.25, -0.2) is 0 Å². The fraction of sp³-hybridized carbons (Fsp3) is 0.556. The van der Waals surface area contributed by atoms with Crippen molar-refractivity contribution in [1.29, 1.82) is 0 Å². The van der Waals surface area contributed by atoms with E-state index >= 15 is 0 Å². The van der Waals surface area contributed by atoms with Crippen molar-refractivity contribution >= 4 is 0 Å². The molecule has 1 aliphatic rings. The maximum atomic E-state index is 4.00. The van der Waals surface area contributed by atoms with Gasteiger partial charge in [0.2, 0.25) is 0 Å². The van der Waals surface area contributed by atoms with Crippen LogP contribution in [-0.2, 0) is 0 Å². The van der Waals surface area contributed by atoms with Crippen LogP contribution in [-0.4, -0.2) is 0 Å². The summed E-state index contributed by atoms with van der Waals surface area (Å²) in [5, 5.41) is 0. The second-order valence-corrected chi connectivity index (χ2v) is 2.71. The van der Waals surface area contributed by atoms with Crippen molar-refractivity contribution < 1.29 is 0 Å². The molecule has 0 radical (unpaired) electrons. The summed E-state index contributed by atoms with van der Waals surface area (Å²) in [5.41, 5.74) is 1.42. The summed E-state index contributed by atoms with van der Waals surface area (Å²) in [7, 11) is 0. The molecule has 0 aromatic rings. The van der Waals surface area contributed by atoms with Gasteiger partial charge in [-0.1, -0.05) is 24.3 Å². The SMILES string of the molecule is C=C(CC=CC)C1CC1. The summed E-state index contributed by atoms with van der Waals surface area (Å²) in [4.78, 5) is 0. The van der Waals surface area contributed by atoms with Crippen LogP contribution in [0.15, 0.2) is 24.3 Å². The molecular formula is C9H14. The molecule has 0 heterocycles. The average molecular weight is 122 g/mol. The van der Waals surface area contributed by atoms with E-state index in [9.17, 15) is 0 Å². The molecule has 1 saturated carbocycles. The van der Waals surface area contributed by atoms with Crippen LogP contribution in [0.5, 0.6) is 0 Å². The van der Waals surface area contributed by atoms with Gasteiger partial charge in [-0.15, -0.1) is 0 Å². The van der Waals surface area contributed by atoms with Gasteiger partial charge in [-0.2, -0.15) is 0 Å². The summed E-state index contributed by atoms with van der Waals surface area (Å²) in [6, 6.07) is 0. The molecule has 1 fully saturated rings. The van der Waals surface area contributed by atoms with Crippen LogP contribution in [0.2, 0.25) is 0 Å². The topological polar surface area (TPSA) is 0 Å². The Labute approximate surface area is 57.3 Å². The minimum atomic E-state index is 0.876. The third kappa shape index (κ3) is 2.05. The smallest absolute Gasteiger partial charge is 0.0139 e. The summed E-state index contributed by atoms with van der Waals surface area (Å²) < 4.78 is 0. The predicted octanol–water partition coefficient (Wildman–Crippen LogP) is 2.92. The lowest BCUT2D eigenvalue weighted by atomic mass is 10.1. The highest BCUT2D eigenvalue weighted by Crippen LogP contribution is 2.36. The van der Waals surface area contributed by atoms with E-state index in [-0.39, 0.29) is 0 Å². The first-order chi connectivity index (χ1) is 4.34. The summed E-state index contributed by atoms with van der Waals surface area (Å²) in [6.07, 6.45) is 8.14. The molecule has 0 aromatic heterocycles. The Bertz CT molecular complexity index is 127. The van der Waals surface area contributed by atoms with Gasteiger partial charge in [0.25, 0.3) is 0 Å². The molecule has 0 heteroatoms. The minimum Gasteiger partial charge on any atom is -0.0993 e. The maximum Gasteiger partial charge on any atom is -0.0139 e. The van der Waals surface area contributed by atoms with Crippen LogP contribution in [0.1, 0.15) is 26.2 Å². The van der Waals surface area contributed by atoms with E-state index in [1.54, 1.807) is 0 Å². The summed E-state index contributed by atoms with van der Waals surface area (Å²) >= 11 is 0. The second-order valence-electron chi connectivity index (χ2n) is 2.71. The maximum absolute atomic E-state index is 4.00. The van der Waals surface area contributed by atoms with Gasteiger partial charge < -0.3 is 0 Å². The molecular weight excluding hydrogens is 108 g/mol. The van der Waals surface area contributed by atoms with Crippen molar-refractivity contribution in [3.8, 4) is 0 Å².